The number of nitrogens with one attached hydrogen (secondary N) is 1. The van der Waals surface area contributed by atoms with E-state index in [0.717, 1.165) is 22.0 Å². The van der Waals surface area contributed by atoms with Crippen molar-refractivity contribution in [2.24, 2.45) is 0 Å². The van der Waals surface area contributed by atoms with Gasteiger partial charge in [0.15, 0.2) is 16.7 Å². The van der Waals surface area contributed by atoms with Gasteiger partial charge in [0, 0.05) is 16.7 Å². The van der Waals surface area contributed by atoms with Gasteiger partial charge in [0.25, 0.3) is 5.56 Å². The van der Waals surface area contributed by atoms with E-state index in [1.165, 1.54) is 11.8 Å². The molecular weight excluding hydrogens is 406 g/mol. The van der Waals surface area contributed by atoms with Crippen molar-refractivity contribution in [3.8, 4) is 22.1 Å². The Hall–Kier alpha value is -2.84. The number of hydrogen-bond acceptors (Lipinski definition) is 7. The topological polar surface area (TPSA) is 77.1 Å². The molecule has 2 aromatic heterocycles. The van der Waals surface area contributed by atoms with Crippen molar-refractivity contribution in [1.82, 2.24) is 15.0 Å². The molecule has 29 heavy (non-hydrogen) atoms. The molecule has 2 aromatic carbocycles. The van der Waals surface area contributed by atoms with Crippen molar-refractivity contribution in [1.29, 1.82) is 0 Å². The Balaban J connectivity index is 1.51. The van der Waals surface area contributed by atoms with Gasteiger partial charge in [-0.15, -0.1) is 11.3 Å². The minimum absolute atomic E-state index is 0.126. The van der Waals surface area contributed by atoms with Crippen molar-refractivity contribution >= 4 is 34.0 Å². The predicted molar refractivity (Wildman–Crippen MR) is 117 cm³/mol. The molecule has 6 nitrogen and oxygen atoms in total. The van der Waals surface area contributed by atoms with E-state index in [9.17, 15) is 4.79 Å². The number of fused-ring (bicyclic) bond motifs is 1. The Morgan fingerprint density at radius 2 is 2.00 bits per heavy atom. The molecule has 0 saturated carbocycles. The lowest BCUT2D eigenvalue weighted by Gasteiger charge is -2.09. The highest BCUT2D eigenvalue weighted by Gasteiger charge is 2.11. The molecule has 2 heterocycles. The van der Waals surface area contributed by atoms with Crippen LogP contribution in [0.4, 0.5) is 0 Å². The first kappa shape index (κ1) is 19.5. The first-order valence-electron chi connectivity index (χ1n) is 9.05. The number of H-pyrrole nitrogens is 1. The Labute approximate surface area is 175 Å². The maximum absolute atomic E-state index is 12.2. The summed E-state index contributed by atoms with van der Waals surface area (Å²) in [6, 6.07) is 13.1. The quantitative estimate of drug-likeness (QED) is 0.340. The van der Waals surface area contributed by atoms with E-state index in [1.807, 2.05) is 48.7 Å². The molecule has 4 aromatic rings. The zero-order valence-corrected chi connectivity index (χ0v) is 17.6. The fourth-order valence-electron chi connectivity index (χ4n) is 2.86. The third-order valence-electron chi connectivity index (χ3n) is 4.21. The summed E-state index contributed by atoms with van der Waals surface area (Å²) in [5.74, 6) is 2.03. The minimum Gasteiger partial charge on any atom is -0.493 e. The molecule has 8 heteroatoms. The maximum atomic E-state index is 12.2. The lowest BCUT2D eigenvalue weighted by Crippen LogP contribution is -2.08. The molecule has 0 saturated heterocycles. The molecule has 1 N–H and O–H groups in total. The van der Waals surface area contributed by atoms with E-state index in [-0.39, 0.29) is 5.56 Å². The van der Waals surface area contributed by atoms with Crippen LogP contribution in [0, 0.1) is 0 Å². The van der Waals surface area contributed by atoms with Crippen molar-refractivity contribution < 1.29 is 9.47 Å². The first-order valence-corrected chi connectivity index (χ1v) is 10.9. The summed E-state index contributed by atoms with van der Waals surface area (Å²) in [5.41, 5.74) is 2.47. The third-order valence-corrected chi connectivity index (χ3v) is 6.06. The van der Waals surface area contributed by atoms with Crippen LogP contribution < -0.4 is 15.0 Å². The second kappa shape index (κ2) is 8.67. The Kier molecular flexibility index (Phi) is 5.82. The minimum atomic E-state index is -0.126. The zero-order valence-electron chi connectivity index (χ0n) is 16.0. The highest BCUT2D eigenvalue weighted by atomic mass is 32.2. The van der Waals surface area contributed by atoms with Crippen LogP contribution in [0.2, 0.25) is 0 Å². The van der Waals surface area contributed by atoms with Crippen LogP contribution in [0.15, 0.2) is 57.8 Å². The SMILES string of the molecule is CCOc1ccc(-c2nc(CSc3nc4ccccc4c(=O)[nH]3)cs2)cc1OC. The van der Waals surface area contributed by atoms with E-state index in [4.69, 9.17) is 14.5 Å². The van der Waals surface area contributed by atoms with E-state index in [0.29, 0.717) is 34.2 Å². The van der Waals surface area contributed by atoms with E-state index in [1.54, 1.807) is 24.5 Å². The van der Waals surface area contributed by atoms with Gasteiger partial charge in [0.1, 0.15) is 5.01 Å². The molecule has 0 amide bonds. The van der Waals surface area contributed by atoms with Crippen molar-refractivity contribution in [2.75, 3.05) is 13.7 Å². The Morgan fingerprint density at radius 1 is 1.14 bits per heavy atom. The van der Waals surface area contributed by atoms with Gasteiger partial charge in [-0.2, -0.15) is 0 Å². The van der Waals surface area contributed by atoms with Crippen molar-refractivity contribution in [3.05, 3.63) is 63.9 Å². The van der Waals surface area contributed by atoms with Crippen molar-refractivity contribution in [2.45, 2.75) is 17.8 Å². The summed E-state index contributed by atoms with van der Waals surface area (Å²) in [6.45, 7) is 2.52. The van der Waals surface area contributed by atoms with Gasteiger partial charge in [-0.3, -0.25) is 4.79 Å². The molecular formula is C21H19N3O3S2. The maximum Gasteiger partial charge on any atom is 0.259 e. The number of aromatic nitrogens is 3. The van der Waals surface area contributed by atoms with Crippen LogP contribution in [-0.2, 0) is 5.75 Å². The summed E-state index contributed by atoms with van der Waals surface area (Å²) in [5, 5.41) is 4.11. The average molecular weight is 426 g/mol. The third kappa shape index (κ3) is 4.28. The van der Waals surface area contributed by atoms with Gasteiger partial charge in [0.05, 0.1) is 30.3 Å². The summed E-state index contributed by atoms with van der Waals surface area (Å²) in [6.07, 6.45) is 0. The van der Waals surface area contributed by atoms with Crippen LogP contribution in [0.3, 0.4) is 0 Å². The molecule has 0 atom stereocenters. The summed E-state index contributed by atoms with van der Waals surface area (Å²) < 4.78 is 11.0. The predicted octanol–water partition coefficient (Wildman–Crippen LogP) is 4.75. The van der Waals surface area contributed by atoms with E-state index in [2.05, 4.69) is 9.97 Å². The highest BCUT2D eigenvalue weighted by molar-refractivity contribution is 7.98. The molecule has 0 fully saturated rings. The summed E-state index contributed by atoms with van der Waals surface area (Å²) in [4.78, 5) is 24.3. The number of thiazole rings is 1. The van der Waals surface area contributed by atoms with Crippen LogP contribution in [0.1, 0.15) is 12.6 Å². The molecule has 0 bridgehead atoms. The van der Waals surface area contributed by atoms with Crippen LogP contribution in [0.25, 0.3) is 21.5 Å². The molecule has 0 aliphatic rings. The Morgan fingerprint density at radius 3 is 2.83 bits per heavy atom. The van der Waals surface area contributed by atoms with Gasteiger partial charge >= 0.3 is 0 Å². The van der Waals surface area contributed by atoms with E-state index < -0.39 is 0 Å². The van der Waals surface area contributed by atoms with Gasteiger partial charge in [-0.1, -0.05) is 23.9 Å². The number of nitrogens with zero attached hydrogens (tertiary/aromatic N) is 2. The van der Waals surface area contributed by atoms with Gasteiger partial charge in [-0.05, 0) is 37.3 Å². The number of para-hydroxylation sites is 1. The smallest absolute Gasteiger partial charge is 0.259 e. The molecule has 0 unspecified atom stereocenters. The van der Waals surface area contributed by atoms with Crippen LogP contribution >= 0.6 is 23.1 Å². The summed E-state index contributed by atoms with van der Waals surface area (Å²) >= 11 is 3.03. The lowest BCUT2D eigenvalue weighted by atomic mass is 10.2. The number of benzene rings is 2. The normalized spacial score (nSPS) is 11.0. The monoisotopic (exact) mass is 425 g/mol. The van der Waals surface area contributed by atoms with E-state index >= 15 is 0 Å². The average Bonchev–Trinajstić information content (AvgIpc) is 3.22. The number of aromatic amines is 1. The molecule has 4 rings (SSSR count). The fraction of sp³-hybridized carbons (Fsp3) is 0.190. The second-order valence-electron chi connectivity index (χ2n) is 6.12. The molecule has 0 aliphatic heterocycles. The first-order chi connectivity index (χ1) is 14.2. The number of ether oxygens (including phenoxy) is 2. The van der Waals surface area contributed by atoms with Crippen LogP contribution in [0.5, 0.6) is 11.5 Å². The second-order valence-corrected chi connectivity index (χ2v) is 7.94. The van der Waals surface area contributed by atoms with Gasteiger partial charge in [-0.25, -0.2) is 9.97 Å². The molecule has 148 valence electrons. The number of thioether (sulfide) groups is 1. The Bertz CT molecular complexity index is 1200. The fourth-order valence-corrected chi connectivity index (χ4v) is 4.54. The van der Waals surface area contributed by atoms with Gasteiger partial charge < -0.3 is 14.5 Å². The van der Waals surface area contributed by atoms with Crippen molar-refractivity contribution in [3.63, 3.8) is 0 Å². The number of methoxy groups -OCH3 is 1. The lowest BCUT2D eigenvalue weighted by molar-refractivity contribution is 0.311. The molecule has 0 aliphatic carbocycles. The zero-order chi connectivity index (χ0) is 20.2. The standard InChI is InChI=1S/C21H19N3O3S2/c1-3-27-17-9-8-13(10-18(17)26-2)20-22-14(11-28-20)12-29-21-23-16-7-5-4-6-15(16)19(25)24-21/h4-11H,3,12H2,1-2H3,(H,23,24,25). The summed E-state index contributed by atoms with van der Waals surface area (Å²) in [7, 11) is 1.63. The number of rotatable bonds is 7. The highest BCUT2D eigenvalue weighted by Crippen LogP contribution is 2.34. The van der Waals surface area contributed by atoms with Crippen LogP contribution in [-0.4, -0.2) is 28.7 Å². The molecule has 0 spiro atoms. The number of hydrogen-bond donors (Lipinski definition) is 1. The molecule has 0 radical (unpaired) electrons. The largest absolute Gasteiger partial charge is 0.493 e. The van der Waals surface area contributed by atoms with Gasteiger partial charge in [0.2, 0.25) is 0 Å².